The van der Waals surface area contributed by atoms with Gasteiger partial charge in [0, 0.05) is 0 Å². The molecule has 0 spiro atoms. The predicted octanol–water partition coefficient (Wildman–Crippen LogP) is 1.47. The zero-order valence-electron chi connectivity index (χ0n) is 22.3. The van der Waals surface area contributed by atoms with E-state index in [2.05, 4.69) is 28.4 Å². The Kier molecular flexibility index (Phi) is 35.6. The van der Waals surface area contributed by atoms with Crippen LogP contribution in [0.3, 0.4) is 0 Å². The second-order valence-corrected chi connectivity index (χ2v) is 11.3. The number of amides is 2. The zero-order chi connectivity index (χ0) is 23.7. The van der Waals surface area contributed by atoms with Crippen molar-refractivity contribution in [2.75, 3.05) is 6.61 Å². The molecule has 203 valence electrons. The average Bonchev–Trinajstić information content (AvgIpc) is 2.77. The van der Waals surface area contributed by atoms with Crippen LogP contribution in [0.5, 0.6) is 0 Å². The first-order chi connectivity index (χ1) is 15.6. The summed E-state index contributed by atoms with van der Waals surface area (Å²) in [5.41, 5.74) is 0. The van der Waals surface area contributed by atoms with Crippen molar-refractivity contribution in [1.82, 2.24) is 7.60 Å². The Bertz CT molecular complexity index is 418. The summed E-state index contributed by atoms with van der Waals surface area (Å²) in [5.74, 6) is 0.0753. The smallest absolute Gasteiger partial charge is 1.00 e. The third-order valence-corrected chi connectivity index (χ3v) is 8.11. The maximum absolute atomic E-state index is 12.4. The summed E-state index contributed by atoms with van der Waals surface area (Å²) in [4.78, 5) is 24.7. The van der Waals surface area contributed by atoms with Gasteiger partial charge < -0.3 is 24.8 Å². The molecule has 0 aromatic rings. The predicted molar refractivity (Wildman–Crippen MR) is 132 cm³/mol. The first-order valence-corrected chi connectivity index (χ1v) is 15.9. The molecule has 0 aromatic carbocycles. The summed E-state index contributed by atoms with van der Waals surface area (Å²) < 4.78 is 12.1. The Labute approximate surface area is 230 Å². The Balaban J connectivity index is -0.00000480. The number of carbonyl (C=O) groups excluding carboxylic acids is 2. The molecule has 2 N–H and O–H groups in total. The second-order valence-electron chi connectivity index (χ2n) is 9.08. The van der Waals surface area contributed by atoms with Crippen LogP contribution >= 0.6 is 0 Å². The van der Waals surface area contributed by atoms with E-state index in [1.54, 1.807) is 0 Å². The molecule has 0 rings (SSSR count). The van der Waals surface area contributed by atoms with Gasteiger partial charge in [0.25, 0.3) is 0 Å². The van der Waals surface area contributed by atoms with Gasteiger partial charge in [-0.1, -0.05) is 0 Å². The molecule has 0 atom stereocenters. The summed E-state index contributed by atoms with van der Waals surface area (Å²) in [6.45, 7) is 7.27. The monoisotopic (exact) mass is 559 g/mol. The SMILES string of the molecule is CCCCCCCCCC[O][Ti+2]([NH]C(=O)CCCCCCC)[NH]C(=O)CCCCCCC.[Cl-].[Cl-]. The van der Waals surface area contributed by atoms with E-state index in [0.717, 1.165) is 38.5 Å². The number of hydrogen-bond donors (Lipinski definition) is 2. The van der Waals surface area contributed by atoms with Crippen molar-refractivity contribution in [1.29, 1.82) is 0 Å². The van der Waals surface area contributed by atoms with Crippen molar-refractivity contribution in [2.24, 2.45) is 0 Å². The van der Waals surface area contributed by atoms with E-state index < -0.39 is 18.8 Å². The van der Waals surface area contributed by atoms with E-state index in [1.807, 2.05) is 0 Å². The molecule has 0 aliphatic heterocycles. The summed E-state index contributed by atoms with van der Waals surface area (Å²) in [6, 6.07) is 0. The van der Waals surface area contributed by atoms with E-state index >= 15 is 0 Å². The van der Waals surface area contributed by atoms with E-state index in [-0.39, 0.29) is 36.6 Å². The van der Waals surface area contributed by atoms with Crippen LogP contribution in [0.25, 0.3) is 0 Å². The number of carbonyl (C=O) groups is 2. The Morgan fingerprint density at radius 1 is 0.529 bits per heavy atom. The van der Waals surface area contributed by atoms with Gasteiger partial charge >= 0.3 is 207 Å². The molecule has 34 heavy (non-hydrogen) atoms. The molecule has 0 aliphatic carbocycles. The van der Waals surface area contributed by atoms with Gasteiger partial charge in [0.1, 0.15) is 0 Å². The molecule has 0 unspecified atom stereocenters. The summed E-state index contributed by atoms with van der Waals surface area (Å²) in [6.07, 6.45) is 22.4. The number of nitrogens with one attached hydrogen (secondary N) is 2. The summed E-state index contributed by atoms with van der Waals surface area (Å²) in [7, 11) is 0. The topological polar surface area (TPSA) is 67.4 Å². The fraction of sp³-hybridized carbons (Fsp3) is 0.923. The Morgan fingerprint density at radius 3 is 1.24 bits per heavy atom. The fourth-order valence-electron chi connectivity index (χ4n) is 3.67. The van der Waals surface area contributed by atoms with E-state index in [9.17, 15) is 9.59 Å². The molecule has 0 aliphatic rings. The van der Waals surface area contributed by atoms with Crippen LogP contribution in [-0.4, -0.2) is 18.4 Å². The van der Waals surface area contributed by atoms with Crippen LogP contribution in [-0.2, 0) is 31.7 Å². The molecule has 0 radical (unpaired) electrons. The fourth-order valence-corrected chi connectivity index (χ4v) is 5.72. The van der Waals surface area contributed by atoms with Crippen molar-refractivity contribution >= 4 is 11.8 Å². The summed E-state index contributed by atoms with van der Waals surface area (Å²) >= 11 is -2.56. The van der Waals surface area contributed by atoms with Gasteiger partial charge in [0.15, 0.2) is 0 Å². The Morgan fingerprint density at radius 2 is 0.853 bits per heavy atom. The molecule has 0 aromatic heterocycles. The first kappa shape index (κ1) is 38.7. The molecular weight excluding hydrogens is 507 g/mol. The third kappa shape index (κ3) is 28.4. The van der Waals surface area contributed by atoms with Gasteiger partial charge in [-0.2, -0.15) is 0 Å². The number of halogens is 2. The summed E-state index contributed by atoms with van der Waals surface area (Å²) in [5, 5.41) is 0. The molecule has 0 heterocycles. The van der Waals surface area contributed by atoms with Crippen LogP contribution in [0.1, 0.15) is 149 Å². The van der Waals surface area contributed by atoms with Gasteiger partial charge in [0.05, 0.1) is 0 Å². The van der Waals surface area contributed by atoms with Crippen LogP contribution in [0, 0.1) is 0 Å². The normalized spacial score (nSPS) is 10.2. The van der Waals surface area contributed by atoms with Gasteiger partial charge in [0.2, 0.25) is 0 Å². The number of hydrogen-bond acceptors (Lipinski definition) is 3. The molecule has 8 heteroatoms. The minimum Gasteiger partial charge on any atom is -1.00 e. The van der Waals surface area contributed by atoms with Gasteiger partial charge in [-0.15, -0.1) is 0 Å². The minimum atomic E-state index is -2.56. The van der Waals surface area contributed by atoms with Crippen molar-refractivity contribution in [3.8, 4) is 0 Å². The van der Waals surface area contributed by atoms with Gasteiger partial charge in [-0.25, -0.2) is 0 Å². The number of unbranched alkanes of at least 4 members (excludes halogenated alkanes) is 15. The van der Waals surface area contributed by atoms with E-state index in [0.29, 0.717) is 19.4 Å². The molecule has 0 saturated heterocycles. The zero-order valence-corrected chi connectivity index (χ0v) is 25.4. The maximum atomic E-state index is 12.4. The first-order valence-electron chi connectivity index (χ1n) is 13.7. The average molecular weight is 560 g/mol. The van der Waals surface area contributed by atoms with Crippen molar-refractivity contribution in [3.05, 3.63) is 0 Å². The van der Waals surface area contributed by atoms with Crippen LogP contribution < -0.4 is 32.4 Å². The van der Waals surface area contributed by atoms with Crippen molar-refractivity contribution in [3.63, 3.8) is 0 Å². The Hall–Kier alpha value is 0.194. The van der Waals surface area contributed by atoms with E-state index in [1.165, 1.54) is 77.0 Å². The largest absolute Gasteiger partial charge is 1.00 e. The third-order valence-electron chi connectivity index (χ3n) is 5.76. The standard InChI is InChI=1S/C10H21O.2C8H17NO.2ClH.Ti/c1-2-3-4-5-6-7-8-9-10-11;2*1-2-3-4-5-6-7-8(9)10;;;/h2-10H2,1H3;2*2-7H2,1H3,(H2,9,10);2*1H;/q-1;;;;;+5/p-4. The maximum Gasteiger partial charge on any atom is -1.00 e. The van der Waals surface area contributed by atoms with E-state index in [4.69, 9.17) is 3.32 Å². The number of rotatable bonds is 24. The van der Waals surface area contributed by atoms with Crippen LogP contribution in [0.2, 0.25) is 0 Å². The molecule has 0 fully saturated rings. The van der Waals surface area contributed by atoms with Crippen molar-refractivity contribution in [2.45, 2.75) is 149 Å². The molecule has 5 nitrogen and oxygen atoms in total. The minimum absolute atomic E-state index is 0. The molecule has 2 amide bonds. The van der Waals surface area contributed by atoms with Crippen LogP contribution in [0.4, 0.5) is 0 Å². The van der Waals surface area contributed by atoms with Gasteiger partial charge in [-0.3, -0.25) is 0 Å². The molecule has 0 saturated carbocycles. The van der Waals surface area contributed by atoms with Gasteiger partial charge in [-0.05, 0) is 0 Å². The van der Waals surface area contributed by atoms with Crippen molar-refractivity contribution < 1.29 is 56.5 Å². The molecular formula is C26H53Cl2N2O3Ti. The molecule has 0 bridgehead atoms. The second kappa shape index (κ2) is 31.2. The van der Waals surface area contributed by atoms with Crippen LogP contribution in [0.15, 0.2) is 0 Å². The quantitative estimate of drug-likeness (QED) is 0.139.